The smallest absolute Gasteiger partial charge is 0.252 e. The molecule has 2 rings (SSSR count). The van der Waals surface area contributed by atoms with Crippen LogP contribution in [-0.2, 0) is 0 Å². The van der Waals surface area contributed by atoms with Crippen molar-refractivity contribution < 1.29 is 14.3 Å². The Balaban J connectivity index is 2.22. The number of nitrogens with one attached hydrogen (secondary N) is 1. The third kappa shape index (κ3) is 3.12. The van der Waals surface area contributed by atoms with Crippen molar-refractivity contribution in [2.45, 2.75) is 26.3 Å². The van der Waals surface area contributed by atoms with Crippen molar-refractivity contribution in [3.05, 3.63) is 35.1 Å². The van der Waals surface area contributed by atoms with Crippen LogP contribution in [0.25, 0.3) is 0 Å². The summed E-state index contributed by atoms with van der Waals surface area (Å²) < 4.78 is 13.3. The number of halogens is 1. The summed E-state index contributed by atoms with van der Waals surface area (Å²) >= 11 is 0. The SMILES string of the molecule is CC1(C)CC1NC(=O)c1cc(F)ccc1C#CCO. The van der Waals surface area contributed by atoms with Gasteiger partial charge in [-0.2, -0.15) is 0 Å². The van der Waals surface area contributed by atoms with E-state index in [0.29, 0.717) is 5.56 Å². The third-order valence-electron chi connectivity index (χ3n) is 3.35. The highest BCUT2D eigenvalue weighted by Gasteiger charge is 2.46. The minimum absolute atomic E-state index is 0.111. The van der Waals surface area contributed by atoms with Crippen LogP contribution in [0.15, 0.2) is 18.2 Å². The standard InChI is InChI=1S/C15H16FNO2/c1-15(2)9-13(15)17-14(19)12-8-11(16)6-5-10(12)4-3-7-18/h5-6,8,13,18H,7,9H2,1-2H3,(H,17,19). The average molecular weight is 261 g/mol. The highest BCUT2D eigenvalue weighted by Crippen LogP contribution is 2.44. The van der Waals surface area contributed by atoms with E-state index in [1.54, 1.807) is 0 Å². The van der Waals surface area contributed by atoms with Gasteiger partial charge in [-0.05, 0) is 30.0 Å². The first-order valence-electron chi connectivity index (χ1n) is 6.14. The normalized spacial score (nSPS) is 19.3. The maximum Gasteiger partial charge on any atom is 0.252 e. The Kier molecular flexibility index (Phi) is 3.59. The molecule has 1 aliphatic rings. The Hall–Kier alpha value is -1.86. The van der Waals surface area contributed by atoms with E-state index >= 15 is 0 Å². The van der Waals surface area contributed by atoms with Crippen molar-refractivity contribution in [2.24, 2.45) is 5.41 Å². The molecule has 1 fully saturated rings. The number of hydrogen-bond acceptors (Lipinski definition) is 2. The molecule has 0 heterocycles. The lowest BCUT2D eigenvalue weighted by atomic mass is 10.1. The van der Waals surface area contributed by atoms with Gasteiger partial charge < -0.3 is 10.4 Å². The Morgan fingerprint density at radius 1 is 1.58 bits per heavy atom. The lowest BCUT2D eigenvalue weighted by Gasteiger charge is -2.08. The molecule has 0 spiro atoms. The van der Waals surface area contributed by atoms with E-state index in [1.807, 2.05) is 0 Å². The van der Waals surface area contributed by atoms with Gasteiger partial charge in [0.1, 0.15) is 12.4 Å². The van der Waals surface area contributed by atoms with Gasteiger partial charge >= 0.3 is 0 Å². The summed E-state index contributed by atoms with van der Waals surface area (Å²) in [5.41, 5.74) is 0.745. The lowest BCUT2D eigenvalue weighted by molar-refractivity contribution is 0.0945. The predicted molar refractivity (Wildman–Crippen MR) is 70.0 cm³/mol. The summed E-state index contributed by atoms with van der Waals surface area (Å²) in [4.78, 5) is 12.1. The molecule has 1 aromatic rings. The van der Waals surface area contributed by atoms with Crippen molar-refractivity contribution in [2.75, 3.05) is 6.61 Å². The summed E-state index contributed by atoms with van der Waals surface area (Å²) in [5, 5.41) is 11.6. The van der Waals surface area contributed by atoms with Crippen LogP contribution in [0.4, 0.5) is 4.39 Å². The number of rotatable bonds is 2. The number of hydrogen-bond donors (Lipinski definition) is 2. The molecule has 1 aromatic carbocycles. The first-order valence-corrected chi connectivity index (χ1v) is 6.14. The van der Waals surface area contributed by atoms with Gasteiger partial charge in [-0.15, -0.1) is 0 Å². The fourth-order valence-corrected chi connectivity index (χ4v) is 1.90. The number of carbonyl (C=O) groups is 1. The van der Waals surface area contributed by atoms with Crippen molar-refractivity contribution in [1.82, 2.24) is 5.32 Å². The first kappa shape index (κ1) is 13.6. The zero-order valence-corrected chi connectivity index (χ0v) is 11.0. The molecule has 3 nitrogen and oxygen atoms in total. The molecule has 19 heavy (non-hydrogen) atoms. The van der Waals surface area contributed by atoms with Gasteiger partial charge in [0.2, 0.25) is 0 Å². The molecule has 1 atom stereocenters. The number of aliphatic hydroxyl groups excluding tert-OH is 1. The summed E-state index contributed by atoms with van der Waals surface area (Å²) in [5.74, 6) is 4.33. The van der Waals surface area contributed by atoms with Gasteiger partial charge in [0, 0.05) is 11.6 Å². The number of benzene rings is 1. The van der Waals surface area contributed by atoms with Crippen LogP contribution in [-0.4, -0.2) is 23.7 Å². The zero-order valence-electron chi connectivity index (χ0n) is 11.0. The van der Waals surface area contributed by atoms with Gasteiger partial charge in [0.25, 0.3) is 5.91 Å². The molecule has 1 aliphatic carbocycles. The predicted octanol–water partition coefficient (Wildman–Crippen LogP) is 1.70. The fourth-order valence-electron chi connectivity index (χ4n) is 1.90. The van der Waals surface area contributed by atoms with E-state index in [0.717, 1.165) is 6.42 Å². The first-order chi connectivity index (χ1) is 8.94. The molecular weight excluding hydrogens is 245 g/mol. The van der Waals surface area contributed by atoms with E-state index in [2.05, 4.69) is 31.0 Å². The second kappa shape index (κ2) is 5.02. The Morgan fingerprint density at radius 3 is 2.84 bits per heavy atom. The molecule has 0 radical (unpaired) electrons. The van der Waals surface area contributed by atoms with Crippen molar-refractivity contribution in [1.29, 1.82) is 0 Å². The summed E-state index contributed by atoms with van der Waals surface area (Å²) in [6, 6.07) is 4.00. The van der Waals surface area contributed by atoms with E-state index in [4.69, 9.17) is 5.11 Å². The molecule has 1 amide bonds. The molecule has 1 unspecified atom stereocenters. The van der Waals surface area contributed by atoms with Crippen molar-refractivity contribution in [3.8, 4) is 11.8 Å². The fraction of sp³-hybridized carbons (Fsp3) is 0.400. The summed E-state index contributed by atoms with van der Waals surface area (Å²) in [6.45, 7) is 3.83. The van der Waals surface area contributed by atoms with Gasteiger partial charge in [-0.1, -0.05) is 25.7 Å². The van der Waals surface area contributed by atoms with E-state index in [9.17, 15) is 9.18 Å². The lowest BCUT2D eigenvalue weighted by Crippen LogP contribution is -2.29. The van der Waals surface area contributed by atoms with Gasteiger partial charge in [0.05, 0.1) is 5.56 Å². The minimum Gasteiger partial charge on any atom is -0.384 e. The molecule has 0 saturated heterocycles. The van der Waals surface area contributed by atoms with Crippen LogP contribution in [0.5, 0.6) is 0 Å². The number of amides is 1. The molecular formula is C15H16FNO2. The average Bonchev–Trinajstić information content (AvgIpc) is 2.94. The molecule has 100 valence electrons. The summed E-state index contributed by atoms with van der Waals surface area (Å²) in [6.07, 6.45) is 0.922. The van der Waals surface area contributed by atoms with Gasteiger partial charge in [-0.25, -0.2) is 4.39 Å². The maximum atomic E-state index is 13.3. The van der Waals surface area contributed by atoms with Crippen LogP contribution < -0.4 is 5.32 Å². The maximum absolute atomic E-state index is 13.3. The molecule has 4 heteroatoms. The van der Waals surface area contributed by atoms with E-state index in [-0.39, 0.29) is 29.5 Å². The second-order valence-corrected chi connectivity index (χ2v) is 5.37. The van der Waals surface area contributed by atoms with Crippen LogP contribution >= 0.6 is 0 Å². The van der Waals surface area contributed by atoms with Crippen molar-refractivity contribution >= 4 is 5.91 Å². The van der Waals surface area contributed by atoms with Crippen LogP contribution in [0.2, 0.25) is 0 Å². The second-order valence-electron chi connectivity index (χ2n) is 5.37. The Morgan fingerprint density at radius 2 is 2.26 bits per heavy atom. The van der Waals surface area contributed by atoms with Gasteiger partial charge in [0.15, 0.2) is 0 Å². The van der Waals surface area contributed by atoms with Crippen molar-refractivity contribution in [3.63, 3.8) is 0 Å². The number of aliphatic hydroxyl groups is 1. The number of carbonyl (C=O) groups excluding carboxylic acids is 1. The van der Waals surface area contributed by atoms with Crippen LogP contribution in [0.3, 0.4) is 0 Å². The monoisotopic (exact) mass is 261 g/mol. The Bertz CT molecular complexity index is 569. The molecule has 2 N–H and O–H groups in total. The minimum atomic E-state index is -0.477. The van der Waals surface area contributed by atoms with E-state index in [1.165, 1.54) is 18.2 Å². The third-order valence-corrected chi connectivity index (χ3v) is 3.35. The zero-order chi connectivity index (χ0) is 14.0. The molecule has 0 bridgehead atoms. The summed E-state index contributed by atoms with van der Waals surface area (Å²) in [7, 11) is 0. The van der Waals surface area contributed by atoms with Crippen LogP contribution in [0.1, 0.15) is 36.2 Å². The quantitative estimate of drug-likeness (QED) is 0.796. The molecule has 0 aliphatic heterocycles. The topological polar surface area (TPSA) is 49.3 Å². The molecule has 0 aromatic heterocycles. The molecule has 1 saturated carbocycles. The van der Waals surface area contributed by atoms with Gasteiger partial charge in [-0.3, -0.25) is 4.79 Å². The highest BCUT2D eigenvalue weighted by atomic mass is 19.1. The highest BCUT2D eigenvalue weighted by molar-refractivity contribution is 5.97. The largest absolute Gasteiger partial charge is 0.384 e. The Labute approximate surface area is 111 Å². The van der Waals surface area contributed by atoms with Crippen LogP contribution in [0, 0.1) is 23.1 Å². The van der Waals surface area contributed by atoms with E-state index < -0.39 is 5.82 Å².